The Kier molecular flexibility index (Phi) is 111. The molecule has 20 heavy (non-hydrogen) atoms. The Morgan fingerprint density at radius 3 is 0.650 bits per heavy atom. The van der Waals surface area contributed by atoms with E-state index in [1.165, 1.54) is 25.7 Å². The number of ether oxygens (including phenoxy) is 2. The third kappa shape index (κ3) is 114. The quantitative estimate of drug-likeness (QED) is 0.548. The Balaban J connectivity index is -0.0000000315. The number of hydrogen-bond acceptors (Lipinski definition) is 2. The minimum Gasteiger partial charge on any atom is -0.377 e. The van der Waals surface area contributed by atoms with E-state index in [0.29, 0.717) is 0 Å². The molecule has 0 aromatic heterocycles. The summed E-state index contributed by atoms with van der Waals surface area (Å²) in [4.78, 5) is 0. The standard InChI is InChI=1S/C4H8O2.4C3H5.Li.Nd/c1-2-6-4-3-5-1;4*1-3-2;;/h1-4H2;4*3H,1-2H2;;/q;;;;;+1;. The summed E-state index contributed by atoms with van der Waals surface area (Å²) in [5.74, 6) is 0. The summed E-state index contributed by atoms with van der Waals surface area (Å²) in [5.41, 5.74) is 0. The van der Waals surface area contributed by atoms with Crippen molar-refractivity contribution in [3.8, 4) is 0 Å². The van der Waals surface area contributed by atoms with E-state index in [1.54, 1.807) is 0 Å². The third-order valence-electron chi connectivity index (χ3n) is 0.744. The molecule has 2 nitrogen and oxygen atoms in total. The summed E-state index contributed by atoms with van der Waals surface area (Å²) < 4.78 is 9.89. The molecule has 0 saturated carbocycles. The predicted molar refractivity (Wildman–Crippen MR) is 81.7 cm³/mol. The van der Waals surface area contributed by atoms with Gasteiger partial charge in [-0.15, -0.1) is 0 Å². The van der Waals surface area contributed by atoms with E-state index in [0.717, 1.165) is 26.4 Å². The summed E-state index contributed by atoms with van der Waals surface area (Å²) in [6.45, 7) is 29.1. The predicted octanol–water partition coefficient (Wildman–Crippen LogP) is 0.473. The molecule has 1 aliphatic heterocycles. The van der Waals surface area contributed by atoms with Crippen LogP contribution in [0, 0.1) is 122 Å². The zero-order valence-corrected chi connectivity index (χ0v) is 16.3. The molecule has 0 amide bonds. The van der Waals surface area contributed by atoms with Crippen LogP contribution in [0.2, 0.25) is 0 Å². The van der Waals surface area contributed by atoms with E-state index < -0.39 is 0 Å². The maximum absolute atomic E-state index is 4.94. The van der Waals surface area contributed by atoms with Crippen LogP contribution in [0.15, 0.2) is 0 Å². The van der Waals surface area contributed by atoms with Gasteiger partial charge in [0, 0.05) is 40.8 Å². The van der Waals surface area contributed by atoms with Crippen molar-refractivity contribution < 1.29 is 69.2 Å². The van der Waals surface area contributed by atoms with Crippen molar-refractivity contribution in [3.63, 3.8) is 0 Å². The molecular formula is C16H28LiNdO2+. The van der Waals surface area contributed by atoms with Gasteiger partial charge in [0.15, 0.2) is 0 Å². The largest absolute Gasteiger partial charge is 1.00 e. The van der Waals surface area contributed by atoms with Crippen molar-refractivity contribution in [3.05, 3.63) is 81.1 Å². The van der Waals surface area contributed by atoms with Crippen molar-refractivity contribution >= 4 is 0 Å². The van der Waals surface area contributed by atoms with Crippen LogP contribution in [0.5, 0.6) is 0 Å². The first-order chi connectivity index (χ1) is 8.66. The molecule has 1 aliphatic rings. The number of hydrogen-bond donors (Lipinski definition) is 0. The molecule has 0 atom stereocenters. The van der Waals surface area contributed by atoms with Crippen molar-refractivity contribution in [2.45, 2.75) is 0 Å². The molecule has 1 fully saturated rings. The van der Waals surface area contributed by atoms with E-state index >= 15 is 0 Å². The monoisotopic (exact) mass is 401 g/mol. The van der Waals surface area contributed by atoms with Crippen LogP contribution in [-0.4, -0.2) is 26.4 Å². The summed E-state index contributed by atoms with van der Waals surface area (Å²) in [6, 6.07) is 0. The second-order valence-electron chi connectivity index (χ2n) is 2.38. The van der Waals surface area contributed by atoms with Crippen molar-refractivity contribution in [1.29, 1.82) is 0 Å². The molecule has 1 heterocycles. The molecule has 0 unspecified atom stereocenters. The third-order valence-corrected chi connectivity index (χ3v) is 0.744. The van der Waals surface area contributed by atoms with Crippen LogP contribution in [0.1, 0.15) is 0 Å². The van der Waals surface area contributed by atoms with E-state index in [4.69, 9.17) is 9.47 Å². The van der Waals surface area contributed by atoms with Gasteiger partial charge in [0.2, 0.25) is 0 Å². The fraction of sp³-hybridized carbons (Fsp3) is 0.250. The van der Waals surface area contributed by atoms with Gasteiger partial charge in [-0.3, -0.25) is 0 Å². The van der Waals surface area contributed by atoms with Crippen LogP contribution < -0.4 is 18.9 Å². The Labute approximate surface area is 175 Å². The van der Waals surface area contributed by atoms with Gasteiger partial charge in [0.05, 0.1) is 26.4 Å². The Hall–Kier alpha value is 1.87. The molecule has 0 N–H and O–H groups in total. The van der Waals surface area contributed by atoms with Crippen LogP contribution >= 0.6 is 0 Å². The minimum absolute atomic E-state index is 0. The molecule has 108 valence electrons. The van der Waals surface area contributed by atoms with Crippen LogP contribution in [-0.2, 0) is 9.47 Å². The maximum Gasteiger partial charge on any atom is 1.00 e. The average Bonchev–Trinajstić information content (AvgIpc) is 2.35. The summed E-state index contributed by atoms with van der Waals surface area (Å²) >= 11 is 0. The van der Waals surface area contributed by atoms with Crippen molar-refractivity contribution in [2.75, 3.05) is 26.4 Å². The number of rotatable bonds is 0. The summed E-state index contributed by atoms with van der Waals surface area (Å²) in [5, 5.41) is 0. The van der Waals surface area contributed by atoms with E-state index in [2.05, 4.69) is 55.4 Å². The van der Waals surface area contributed by atoms with E-state index in [-0.39, 0.29) is 59.7 Å². The normalized spacial score (nSPS) is 10.8. The molecule has 0 spiro atoms. The molecule has 0 bridgehead atoms. The second kappa shape index (κ2) is 58.5. The van der Waals surface area contributed by atoms with Gasteiger partial charge in [-0.25, -0.2) is 0 Å². The molecule has 4 heteroatoms. The van der Waals surface area contributed by atoms with Gasteiger partial charge in [-0.2, -0.15) is 0 Å². The molecule has 0 aliphatic carbocycles. The van der Waals surface area contributed by atoms with Crippen LogP contribution in [0.4, 0.5) is 0 Å². The Bertz CT molecular complexity index is 63.4. The minimum atomic E-state index is 0. The first kappa shape index (κ1) is 37.8. The van der Waals surface area contributed by atoms with Gasteiger partial charge in [0.25, 0.3) is 0 Å². The van der Waals surface area contributed by atoms with E-state index in [1.807, 2.05) is 0 Å². The first-order valence-corrected chi connectivity index (χ1v) is 5.42. The average molecular weight is 404 g/mol. The van der Waals surface area contributed by atoms with Crippen molar-refractivity contribution in [2.24, 2.45) is 0 Å². The molecular weight excluding hydrogens is 375 g/mol. The van der Waals surface area contributed by atoms with Crippen LogP contribution in [0.3, 0.4) is 0 Å². The molecule has 0 aromatic rings. The zero-order valence-electron chi connectivity index (χ0n) is 13.1. The Morgan fingerprint density at radius 1 is 0.500 bits per heavy atom. The van der Waals surface area contributed by atoms with Gasteiger partial charge < -0.3 is 9.47 Å². The molecule has 1 saturated heterocycles. The van der Waals surface area contributed by atoms with Crippen molar-refractivity contribution in [1.82, 2.24) is 0 Å². The van der Waals surface area contributed by atoms with Crippen LogP contribution in [0.25, 0.3) is 0 Å². The van der Waals surface area contributed by atoms with Gasteiger partial charge in [-0.1, -0.05) is 0 Å². The first-order valence-electron chi connectivity index (χ1n) is 5.42. The topological polar surface area (TPSA) is 18.5 Å². The smallest absolute Gasteiger partial charge is 0.377 e. The molecule has 1 rings (SSSR count). The Morgan fingerprint density at radius 2 is 0.600 bits per heavy atom. The fourth-order valence-corrected chi connectivity index (χ4v) is 0.440. The molecule has 12 radical (unpaired) electrons. The summed E-state index contributed by atoms with van der Waals surface area (Å²) in [6.07, 6.45) is 6.00. The maximum atomic E-state index is 4.94. The van der Waals surface area contributed by atoms with Gasteiger partial charge >= 0.3 is 18.9 Å². The molecule has 0 aromatic carbocycles. The summed E-state index contributed by atoms with van der Waals surface area (Å²) in [7, 11) is 0. The fourth-order valence-electron chi connectivity index (χ4n) is 0.440. The van der Waals surface area contributed by atoms with Gasteiger partial charge in [-0.05, 0) is 81.1 Å². The van der Waals surface area contributed by atoms with Gasteiger partial charge in [0.1, 0.15) is 0 Å². The zero-order chi connectivity index (χ0) is 15.1. The second-order valence-corrected chi connectivity index (χ2v) is 2.38. The SMILES string of the molecule is C1COCCO1.[CH2][CH][CH2].[CH2][CH][CH2].[CH2][CH][CH2].[CH2][CH][CH2].[Li+].[Nd]. The van der Waals surface area contributed by atoms with E-state index in [9.17, 15) is 0 Å².